The number of ether oxygens (including phenoxy) is 1. The molecule has 0 aromatic carbocycles. The number of nitrogens with two attached hydrogens (primary N) is 1. The van der Waals surface area contributed by atoms with Crippen LogP contribution < -0.4 is 16.5 Å². The summed E-state index contributed by atoms with van der Waals surface area (Å²) in [7, 11) is 1.70. The summed E-state index contributed by atoms with van der Waals surface area (Å²) >= 11 is 0. The van der Waals surface area contributed by atoms with Crippen LogP contribution in [0.25, 0.3) is 0 Å². The van der Waals surface area contributed by atoms with Gasteiger partial charge in [-0.1, -0.05) is 6.92 Å². The first-order chi connectivity index (χ1) is 15.1. The van der Waals surface area contributed by atoms with Gasteiger partial charge in [-0.15, -0.1) is 0 Å². The van der Waals surface area contributed by atoms with Crippen molar-refractivity contribution in [3.05, 3.63) is 65.3 Å². The van der Waals surface area contributed by atoms with E-state index in [-0.39, 0.29) is 0 Å². The number of pyridine rings is 1. The molecular formula is C21H29N9O. The number of guanidine groups is 1. The Morgan fingerprint density at radius 3 is 2.81 bits per heavy atom. The van der Waals surface area contributed by atoms with Crippen molar-refractivity contribution in [1.29, 1.82) is 0 Å². The van der Waals surface area contributed by atoms with Gasteiger partial charge in [-0.05, 0) is 37.1 Å². The Labute approximate surface area is 182 Å². The number of hydrogen-bond donors (Lipinski definition) is 3. The van der Waals surface area contributed by atoms with E-state index in [1.165, 1.54) is 0 Å². The molecule has 0 saturated carbocycles. The Bertz CT molecular complexity index is 1010. The van der Waals surface area contributed by atoms with Crippen molar-refractivity contribution in [3.8, 4) is 0 Å². The first-order valence-corrected chi connectivity index (χ1v) is 10.4. The number of hydrazine groups is 1. The van der Waals surface area contributed by atoms with Crippen LogP contribution in [0.4, 0.5) is 5.82 Å². The van der Waals surface area contributed by atoms with E-state index in [1.807, 2.05) is 40.9 Å². The lowest BCUT2D eigenvalue weighted by Gasteiger charge is -2.34. The summed E-state index contributed by atoms with van der Waals surface area (Å²) in [6, 6.07) is 5.88. The molecule has 10 nitrogen and oxygen atoms in total. The van der Waals surface area contributed by atoms with E-state index in [4.69, 9.17) is 15.5 Å². The number of anilines is 1. The number of nitrogens with zero attached hydrogens (tertiary/aromatic N) is 6. The molecule has 2 aliphatic rings. The summed E-state index contributed by atoms with van der Waals surface area (Å²) < 4.78 is 7.20. The fourth-order valence-electron chi connectivity index (χ4n) is 3.63. The maximum atomic E-state index is 6.46. The molecule has 10 heteroatoms. The average Bonchev–Trinajstić information content (AvgIpc) is 3.39. The van der Waals surface area contributed by atoms with Crippen LogP contribution in [0.5, 0.6) is 0 Å². The smallest absolute Gasteiger partial charge is 0.202 e. The second kappa shape index (κ2) is 9.09. The summed E-state index contributed by atoms with van der Waals surface area (Å²) in [5, 5.41) is 9.87. The Morgan fingerprint density at radius 2 is 2.10 bits per heavy atom. The maximum Gasteiger partial charge on any atom is 0.202 e. The number of nitrogens with one attached hydrogen (secondary N) is 2. The number of allylic oxidation sites excluding steroid dienone is 1. The van der Waals surface area contributed by atoms with Gasteiger partial charge in [0.15, 0.2) is 0 Å². The molecule has 0 bridgehead atoms. The molecule has 0 unspecified atom stereocenters. The lowest BCUT2D eigenvalue weighted by Crippen LogP contribution is -2.46. The predicted octanol–water partition coefficient (Wildman–Crippen LogP) is 1.59. The summed E-state index contributed by atoms with van der Waals surface area (Å²) in [6.07, 6.45) is 6.30. The van der Waals surface area contributed by atoms with Crippen molar-refractivity contribution in [2.45, 2.75) is 26.8 Å². The second-order valence-corrected chi connectivity index (χ2v) is 7.37. The Morgan fingerprint density at radius 1 is 1.23 bits per heavy atom. The molecule has 4 N–H and O–H groups in total. The zero-order valence-corrected chi connectivity index (χ0v) is 18.2. The number of methoxy groups -OCH3 is 1. The van der Waals surface area contributed by atoms with Gasteiger partial charge in [0.25, 0.3) is 0 Å². The standard InChI is InChI=1S/C21H29N9O/c1-4-16-18-19(30(27-16)12-13-31-3)20(25-17-14-15(2)6-8-23-17)29(21(22)26-18)11-10-28-9-5-7-24-28/h5-9,14,27H,4,10-13H2,1-3H3,(H2,22,26)(H,23,25). The van der Waals surface area contributed by atoms with Gasteiger partial charge in [-0.2, -0.15) is 5.10 Å². The fourth-order valence-corrected chi connectivity index (χ4v) is 3.63. The van der Waals surface area contributed by atoms with Crippen LogP contribution in [0.15, 0.2) is 64.7 Å². The summed E-state index contributed by atoms with van der Waals surface area (Å²) in [5.74, 6) is 2.01. The van der Waals surface area contributed by atoms with E-state index in [2.05, 4.69) is 32.8 Å². The molecule has 31 heavy (non-hydrogen) atoms. The lowest BCUT2D eigenvalue weighted by molar-refractivity contribution is 0.151. The maximum absolute atomic E-state index is 6.46. The van der Waals surface area contributed by atoms with Crippen LogP contribution in [-0.4, -0.2) is 57.4 Å². The highest BCUT2D eigenvalue weighted by Crippen LogP contribution is 2.34. The predicted molar refractivity (Wildman–Crippen MR) is 119 cm³/mol. The van der Waals surface area contributed by atoms with E-state index >= 15 is 0 Å². The van der Waals surface area contributed by atoms with Gasteiger partial charge < -0.3 is 15.8 Å². The van der Waals surface area contributed by atoms with Crippen LogP contribution in [0.1, 0.15) is 18.9 Å². The second-order valence-electron chi connectivity index (χ2n) is 7.37. The first-order valence-electron chi connectivity index (χ1n) is 10.4. The highest BCUT2D eigenvalue weighted by atomic mass is 16.5. The summed E-state index contributed by atoms with van der Waals surface area (Å²) in [5.41, 5.74) is 13.9. The molecular weight excluding hydrogens is 394 g/mol. The van der Waals surface area contributed by atoms with E-state index in [0.717, 1.165) is 40.7 Å². The van der Waals surface area contributed by atoms with E-state index in [1.54, 1.807) is 19.5 Å². The van der Waals surface area contributed by atoms with Crippen LogP contribution in [-0.2, 0) is 11.3 Å². The van der Waals surface area contributed by atoms with Gasteiger partial charge in [0.05, 0.1) is 25.4 Å². The van der Waals surface area contributed by atoms with Crippen LogP contribution in [0, 0.1) is 6.92 Å². The molecule has 4 rings (SSSR count). The first kappa shape index (κ1) is 20.7. The number of hydrogen-bond acceptors (Lipinski definition) is 9. The number of aromatic nitrogens is 3. The minimum Gasteiger partial charge on any atom is -0.383 e. The highest BCUT2D eigenvalue weighted by Gasteiger charge is 2.36. The zero-order chi connectivity index (χ0) is 21.8. The Balaban J connectivity index is 1.74. The molecule has 0 amide bonds. The van der Waals surface area contributed by atoms with Crippen molar-refractivity contribution in [1.82, 2.24) is 30.1 Å². The molecule has 2 aromatic rings. The monoisotopic (exact) mass is 423 g/mol. The lowest BCUT2D eigenvalue weighted by atomic mass is 10.2. The van der Waals surface area contributed by atoms with Crippen molar-refractivity contribution >= 4 is 11.8 Å². The average molecular weight is 424 g/mol. The third-order valence-corrected chi connectivity index (χ3v) is 5.19. The number of aryl methyl sites for hydroxylation is 1. The van der Waals surface area contributed by atoms with Crippen molar-refractivity contribution in [2.24, 2.45) is 10.7 Å². The summed E-state index contributed by atoms with van der Waals surface area (Å²) in [6.45, 7) is 6.63. The number of aliphatic imine (C=N–C) groups is 1. The molecule has 0 atom stereocenters. The Kier molecular flexibility index (Phi) is 6.08. The molecule has 2 aromatic heterocycles. The SMILES string of the molecule is CCC1=C2N=C(N)N(CCn3cccn3)C(Nc3cc(C)ccn3)=C2N(CCOC)N1. The van der Waals surface area contributed by atoms with Gasteiger partial charge in [-0.3, -0.25) is 20.0 Å². The zero-order valence-electron chi connectivity index (χ0n) is 18.2. The van der Waals surface area contributed by atoms with E-state index in [9.17, 15) is 0 Å². The van der Waals surface area contributed by atoms with Gasteiger partial charge >= 0.3 is 0 Å². The minimum absolute atomic E-state index is 0.433. The largest absolute Gasteiger partial charge is 0.383 e. The molecule has 164 valence electrons. The topological polar surface area (TPSA) is 109 Å². The molecule has 0 aliphatic carbocycles. The van der Waals surface area contributed by atoms with Crippen molar-refractivity contribution in [3.63, 3.8) is 0 Å². The molecule has 0 radical (unpaired) electrons. The molecule has 2 aliphatic heterocycles. The van der Waals surface area contributed by atoms with Gasteiger partial charge in [0.1, 0.15) is 23.0 Å². The minimum atomic E-state index is 0.433. The summed E-state index contributed by atoms with van der Waals surface area (Å²) in [4.78, 5) is 11.2. The number of rotatable bonds is 9. The van der Waals surface area contributed by atoms with Crippen LogP contribution in [0.3, 0.4) is 0 Å². The third kappa shape index (κ3) is 4.33. The third-order valence-electron chi connectivity index (χ3n) is 5.19. The molecule has 4 heterocycles. The van der Waals surface area contributed by atoms with Gasteiger partial charge in [0, 0.05) is 32.2 Å². The fraction of sp³-hybridized carbons (Fsp3) is 0.381. The number of fused-ring (bicyclic) bond motifs is 1. The van der Waals surface area contributed by atoms with Crippen LogP contribution >= 0.6 is 0 Å². The van der Waals surface area contributed by atoms with E-state index in [0.29, 0.717) is 32.2 Å². The van der Waals surface area contributed by atoms with Crippen LogP contribution in [0.2, 0.25) is 0 Å². The highest BCUT2D eigenvalue weighted by molar-refractivity contribution is 5.84. The molecule has 0 saturated heterocycles. The quantitative estimate of drug-likeness (QED) is 0.558. The molecule has 0 fully saturated rings. The van der Waals surface area contributed by atoms with Crippen molar-refractivity contribution in [2.75, 3.05) is 32.1 Å². The van der Waals surface area contributed by atoms with Crippen molar-refractivity contribution < 1.29 is 4.74 Å². The Hall–Kier alpha value is -3.53. The van der Waals surface area contributed by atoms with Gasteiger partial charge in [0.2, 0.25) is 5.96 Å². The normalized spacial score (nSPS) is 15.9. The van der Waals surface area contributed by atoms with Gasteiger partial charge in [-0.25, -0.2) is 9.98 Å². The van der Waals surface area contributed by atoms with E-state index < -0.39 is 0 Å². The molecule has 0 spiro atoms.